The van der Waals surface area contributed by atoms with E-state index in [0.717, 1.165) is 11.3 Å². The molecule has 0 unspecified atom stereocenters. The zero-order valence-corrected chi connectivity index (χ0v) is 16.0. The van der Waals surface area contributed by atoms with Gasteiger partial charge in [-0.15, -0.1) is 0 Å². The highest BCUT2D eigenvalue weighted by atomic mass is 19.1. The quantitative estimate of drug-likeness (QED) is 0.833. The maximum atomic E-state index is 13.1. The molecule has 28 heavy (non-hydrogen) atoms. The molecule has 0 bridgehead atoms. The maximum Gasteiger partial charge on any atom is 0.275 e. The third kappa shape index (κ3) is 4.19. The number of nitrogens with zero attached hydrogens (tertiary/aromatic N) is 2. The molecule has 146 valence electrons. The number of rotatable bonds is 6. The van der Waals surface area contributed by atoms with E-state index in [4.69, 9.17) is 4.74 Å². The molecule has 2 aromatic carbocycles. The van der Waals surface area contributed by atoms with Gasteiger partial charge in [0.05, 0.1) is 7.11 Å². The van der Waals surface area contributed by atoms with E-state index in [-0.39, 0.29) is 29.9 Å². The Morgan fingerprint density at radius 1 is 1.14 bits per heavy atom. The number of carbonyl (C=O) groups is 2. The summed E-state index contributed by atoms with van der Waals surface area (Å²) in [5.41, 5.74) is 0.816. The van der Waals surface area contributed by atoms with Gasteiger partial charge in [-0.2, -0.15) is 0 Å². The van der Waals surface area contributed by atoms with E-state index >= 15 is 0 Å². The number of halogens is 1. The number of hydrogen-bond acceptors (Lipinski definition) is 4. The smallest absolute Gasteiger partial charge is 0.275 e. The van der Waals surface area contributed by atoms with Gasteiger partial charge < -0.3 is 15.0 Å². The van der Waals surface area contributed by atoms with Gasteiger partial charge in [0, 0.05) is 12.1 Å². The second kappa shape index (κ2) is 7.80. The highest BCUT2D eigenvalue weighted by Crippen LogP contribution is 2.26. The van der Waals surface area contributed by atoms with Crippen molar-refractivity contribution in [3.8, 4) is 5.75 Å². The largest absolute Gasteiger partial charge is 0.497 e. The molecule has 1 aliphatic heterocycles. The lowest BCUT2D eigenvalue weighted by Gasteiger charge is -2.28. The number of hydrogen-bond donors (Lipinski definition) is 1. The predicted molar refractivity (Wildman–Crippen MR) is 104 cm³/mol. The fourth-order valence-corrected chi connectivity index (χ4v) is 2.96. The summed E-state index contributed by atoms with van der Waals surface area (Å²) in [7, 11) is 1.59. The molecule has 1 N–H and O–H groups in total. The summed E-state index contributed by atoms with van der Waals surface area (Å²) in [5.74, 6) is -0.280. The monoisotopic (exact) mass is 383 g/mol. The molecule has 0 saturated heterocycles. The topological polar surface area (TPSA) is 71.0 Å². The molecule has 7 heteroatoms. The van der Waals surface area contributed by atoms with Crippen LogP contribution in [0, 0.1) is 5.82 Å². The summed E-state index contributed by atoms with van der Waals surface area (Å²) in [6, 6.07) is 12.9. The first-order valence-corrected chi connectivity index (χ1v) is 8.87. The summed E-state index contributed by atoms with van der Waals surface area (Å²) in [6.07, 6.45) is 0. The zero-order valence-electron chi connectivity index (χ0n) is 16.0. The zero-order chi connectivity index (χ0) is 20.3. The fourth-order valence-electron chi connectivity index (χ4n) is 2.96. The summed E-state index contributed by atoms with van der Waals surface area (Å²) >= 11 is 0. The Morgan fingerprint density at radius 3 is 2.39 bits per heavy atom. The predicted octanol–water partition coefficient (Wildman–Crippen LogP) is 2.52. The van der Waals surface area contributed by atoms with Gasteiger partial charge in [-0.25, -0.2) is 4.39 Å². The Labute approximate surface area is 163 Å². The maximum absolute atomic E-state index is 13.1. The third-order valence-electron chi connectivity index (χ3n) is 4.56. The lowest BCUT2D eigenvalue weighted by molar-refractivity contribution is -0.134. The van der Waals surface area contributed by atoms with Crippen molar-refractivity contribution in [2.75, 3.05) is 13.7 Å². The van der Waals surface area contributed by atoms with Crippen molar-refractivity contribution in [3.63, 3.8) is 0 Å². The lowest BCUT2D eigenvalue weighted by Crippen LogP contribution is -2.48. The van der Waals surface area contributed by atoms with E-state index in [1.165, 1.54) is 29.2 Å². The molecule has 1 aliphatic rings. The average Bonchev–Trinajstić information content (AvgIpc) is 2.91. The van der Waals surface area contributed by atoms with Crippen molar-refractivity contribution in [3.05, 3.63) is 65.5 Å². The summed E-state index contributed by atoms with van der Waals surface area (Å²) in [4.78, 5) is 31.0. The molecule has 0 aliphatic carbocycles. The van der Waals surface area contributed by atoms with Gasteiger partial charge in [-0.05, 0) is 55.8 Å². The van der Waals surface area contributed by atoms with Crippen LogP contribution >= 0.6 is 0 Å². The number of nitrogens with one attached hydrogen (secondary N) is 1. The molecule has 0 fully saturated rings. The van der Waals surface area contributed by atoms with E-state index in [1.54, 1.807) is 21.0 Å². The number of aliphatic imine (C=N–C) groups is 1. The van der Waals surface area contributed by atoms with E-state index in [0.29, 0.717) is 12.1 Å². The second-order valence-electron chi connectivity index (χ2n) is 6.98. The standard InChI is InChI=1S/C21H22FN3O3/c1-21(2)24-19(15-6-8-16(22)9-7-15)20(27)25(21)13-18(26)23-12-14-4-10-17(28-3)11-5-14/h4-11H,12-13H2,1-3H3,(H,23,26). The molecule has 1 heterocycles. The van der Waals surface area contributed by atoms with Gasteiger partial charge in [0.1, 0.15) is 29.5 Å². The van der Waals surface area contributed by atoms with Gasteiger partial charge in [0.2, 0.25) is 5.91 Å². The minimum absolute atomic E-state index is 0.115. The average molecular weight is 383 g/mol. The van der Waals surface area contributed by atoms with Crippen molar-refractivity contribution >= 4 is 17.5 Å². The summed E-state index contributed by atoms with van der Waals surface area (Å²) in [6.45, 7) is 3.75. The third-order valence-corrected chi connectivity index (χ3v) is 4.56. The fraction of sp³-hybridized carbons (Fsp3) is 0.286. The minimum Gasteiger partial charge on any atom is -0.497 e. The van der Waals surface area contributed by atoms with Crippen LogP contribution in [0.5, 0.6) is 5.75 Å². The molecule has 3 rings (SSSR count). The van der Waals surface area contributed by atoms with Crippen LogP contribution in [0.15, 0.2) is 53.5 Å². The highest BCUT2D eigenvalue weighted by molar-refractivity contribution is 6.46. The van der Waals surface area contributed by atoms with Crippen LogP contribution in [-0.2, 0) is 16.1 Å². The van der Waals surface area contributed by atoms with E-state index in [1.807, 2.05) is 24.3 Å². The molecular weight excluding hydrogens is 361 g/mol. The Kier molecular flexibility index (Phi) is 5.44. The molecular formula is C21H22FN3O3. The highest BCUT2D eigenvalue weighted by Gasteiger charge is 2.41. The lowest BCUT2D eigenvalue weighted by atomic mass is 10.1. The molecule has 6 nitrogen and oxygen atoms in total. The molecule has 0 atom stereocenters. The number of amides is 2. The number of carbonyl (C=O) groups excluding carboxylic acids is 2. The molecule has 0 spiro atoms. The normalized spacial score (nSPS) is 15.4. The van der Waals surface area contributed by atoms with Crippen molar-refractivity contribution in [2.45, 2.75) is 26.1 Å². The van der Waals surface area contributed by atoms with Gasteiger partial charge in [-0.3, -0.25) is 14.6 Å². The van der Waals surface area contributed by atoms with Crippen LogP contribution in [0.3, 0.4) is 0 Å². The number of benzene rings is 2. The first-order chi connectivity index (χ1) is 13.3. The first kappa shape index (κ1) is 19.5. The van der Waals surface area contributed by atoms with Crippen molar-refractivity contribution in [1.82, 2.24) is 10.2 Å². The SMILES string of the molecule is COc1ccc(CNC(=O)CN2C(=O)C(c3ccc(F)cc3)=NC2(C)C)cc1. The molecule has 0 saturated carbocycles. The van der Waals surface area contributed by atoms with Gasteiger partial charge >= 0.3 is 0 Å². The van der Waals surface area contributed by atoms with Crippen LogP contribution < -0.4 is 10.1 Å². The Hall–Kier alpha value is -3.22. The first-order valence-electron chi connectivity index (χ1n) is 8.87. The molecule has 0 radical (unpaired) electrons. The van der Waals surface area contributed by atoms with Crippen LogP contribution in [-0.4, -0.2) is 41.7 Å². The van der Waals surface area contributed by atoms with E-state index < -0.39 is 5.66 Å². The van der Waals surface area contributed by atoms with Gasteiger partial charge in [-0.1, -0.05) is 12.1 Å². The number of methoxy groups -OCH3 is 1. The second-order valence-corrected chi connectivity index (χ2v) is 6.98. The van der Waals surface area contributed by atoms with Gasteiger partial charge in [0.25, 0.3) is 5.91 Å². The molecule has 2 amide bonds. The Bertz CT molecular complexity index is 905. The van der Waals surface area contributed by atoms with E-state index in [9.17, 15) is 14.0 Å². The van der Waals surface area contributed by atoms with E-state index in [2.05, 4.69) is 10.3 Å². The summed E-state index contributed by atoms with van der Waals surface area (Å²) < 4.78 is 18.2. The van der Waals surface area contributed by atoms with Crippen molar-refractivity contribution < 1.29 is 18.7 Å². The Morgan fingerprint density at radius 2 is 1.79 bits per heavy atom. The molecule has 0 aromatic heterocycles. The van der Waals surface area contributed by atoms with Crippen LogP contribution in [0.1, 0.15) is 25.0 Å². The molecule has 2 aromatic rings. The van der Waals surface area contributed by atoms with Gasteiger partial charge in [0.15, 0.2) is 0 Å². The minimum atomic E-state index is -0.863. The van der Waals surface area contributed by atoms with Crippen LogP contribution in [0.2, 0.25) is 0 Å². The number of ether oxygens (including phenoxy) is 1. The van der Waals surface area contributed by atoms with Crippen LogP contribution in [0.4, 0.5) is 4.39 Å². The Balaban J connectivity index is 1.64. The van der Waals surface area contributed by atoms with Crippen molar-refractivity contribution in [2.24, 2.45) is 4.99 Å². The van der Waals surface area contributed by atoms with Crippen LogP contribution in [0.25, 0.3) is 0 Å². The van der Waals surface area contributed by atoms with Crippen molar-refractivity contribution in [1.29, 1.82) is 0 Å². The summed E-state index contributed by atoms with van der Waals surface area (Å²) in [5, 5.41) is 2.81.